The summed E-state index contributed by atoms with van der Waals surface area (Å²) in [5.74, 6) is 0.00648. The number of amides is 2. The third-order valence-electron chi connectivity index (χ3n) is 4.46. The van der Waals surface area contributed by atoms with Crippen molar-refractivity contribution in [3.05, 3.63) is 48.0 Å². The van der Waals surface area contributed by atoms with E-state index < -0.39 is 0 Å². The number of fused-ring (bicyclic) bond motifs is 1. The molecule has 6 heteroatoms. The highest BCUT2D eigenvalue weighted by Gasteiger charge is 2.17. The van der Waals surface area contributed by atoms with E-state index in [2.05, 4.69) is 23.4 Å². The summed E-state index contributed by atoms with van der Waals surface area (Å²) < 4.78 is 4.11. The predicted octanol–water partition coefficient (Wildman–Crippen LogP) is 2.57. The van der Waals surface area contributed by atoms with Gasteiger partial charge in [-0.2, -0.15) is 0 Å². The van der Waals surface area contributed by atoms with Crippen molar-refractivity contribution in [1.82, 2.24) is 9.80 Å². The van der Waals surface area contributed by atoms with Crippen LogP contribution in [0.15, 0.2) is 36.9 Å². The number of ether oxygens (including phenoxy) is 1. The molecule has 0 atom stereocenters. The first-order valence-electron chi connectivity index (χ1n) is 9.17. The lowest BCUT2D eigenvalue weighted by molar-refractivity contribution is -0.138. The Kier molecular flexibility index (Phi) is 9.86. The van der Waals surface area contributed by atoms with E-state index in [1.807, 2.05) is 21.9 Å². The fourth-order valence-electron chi connectivity index (χ4n) is 2.84. The van der Waals surface area contributed by atoms with Gasteiger partial charge in [0.15, 0.2) is 0 Å². The Balaban J connectivity index is 0.000000237. The van der Waals surface area contributed by atoms with E-state index in [0.29, 0.717) is 0 Å². The summed E-state index contributed by atoms with van der Waals surface area (Å²) >= 11 is 0. The molecule has 1 saturated heterocycles. The molecule has 6 nitrogen and oxygen atoms in total. The Labute approximate surface area is 161 Å². The van der Waals surface area contributed by atoms with E-state index in [1.54, 1.807) is 6.92 Å². The second-order valence-electron chi connectivity index (χ2n) is 6.39. The SMILES string of the molecule is C=CC(=O)N1CCc2ccccc2C1.CC(=O)N1CCCC1.COC(C)=O. The van der Waals surface area contributed by atoms with Crippen LogP contribution in [0.1, 0.15) is 37.8 Å². The molecule has 0 radical (unpaired) electrons. The smallest absolute Gasteiger partial charge is 0.302 e. The maximum atomic E-state index is 11.4. The van der Waals surface area contributed by atoms with Gasteiger partial charge in [0.1, 0.15) is 0 Å². The van der Waals surface area contributed by atoms with E-state index in [1.165, 1.54) is 44.1 Å². The van der Waals surface area contributed by atoms with E-state index in [-0.39, 0.29) is 17.8 Å². The maximum absolute atomic E-state index is 11.4. The number of esters is 1. The summed E-state index contributed by atoms with van der Waals surface area (Å²) in [6.45, 7) is 9.99. The van der Waals surface area contributed by atoms with Crippen molar-refractivity contribution in [2.45, 2.75) is 39.7 Å². The minimum Gasteiger partial charge on any atom is -0.469 e. The number of nitrogens with zero attached hydrogens (tertiary/aromatic N) is 2. The van der Waals surface area contributed by atoms with Crippen molar-refractivity contribution in [3.63, 3.8) is 0 Å². The molecule has 0 spiro atoms. The summed E-state index contributed by atoms with van der Waals surface area (Å²) in [5, 5.41) is 0. The molecular weight excluding hydrogens is 344 g/mol. The predicted molar refractivity (Wildman–Crippen MR) is 105 cm³/mol. The molecule has 0 unspecified atom stereocenters. The Morgan fingerprint density at radius 3 is 2.00 bits per heavy atom. The van der Waals surface area contributed by atoms with Crippen LogP contribution in [-0.2, 0) is 32.1 Å². The molecule has 0 N–H and O–H groups in total. The van der Waals surface area contributed by atoms with Crippen molar-refractivity contribution in [2.75, 3.05) is 26.7 Å². The number of likely N-dealkylation sites (tertiary alicyclic amines) is 1. The molecule has 3 rings (SSSR count). The molecule has 1 fully saturated rings. The van der Waals surface area contributed by atoms with Crippen molar-refractivity contribution in [3.8, 4) is 0 Å². The van der Waals surface area contributed by atoms with Crippen LogP contribution >= 0.6 is 0 Å². The van der Waals surface area contributed by atoms with Gasteiger partial charge in [0.25, 0.3) is 0 Å². The minimum atomic E-state index is -0.245. The van der Waals surface area contributed by atoms with Crippen molar-refractivity contribution in [2.24, 2.45) is 0 Å². The number of carbonyl (C=O) groups is 3. The van der Waals surface area contributed by atoms with Crippen LogP contribution in [0.2, 0.25) is 0 Å². The Hall–Kier alpha value is -2.63. The monoisotopic (exact) mass is 374 g/mol. The first-order valence-corrected chi connectivity index (χ1v) is 9.17. The molecule has 0 aliphatic carbocycles. The molecule has 27 heavy (non-hydrogen) atoms. The number of hydrogen-bond donors (Lipinski definition) is 0. The summed E-state index contributed by atoms with van der Waals surface area (Å²) in [7, 11) is 1.35. The molecule has 2 heterocycles. The number of hydrogen-bond acceptors (Lipinski definition) is 4. The van der Waals surface area contributed by atoms with Crippen molar-refractivity contribution < 1.29 is 19.1 Å². The van der Waals surface area contributed by atoms with Crippen LogP contribution < -0.4 is 0 Å². The minimum absolute atomic E-state index is 0.0273. The Bertz CT molecular complexity index is 651. The summed E-state index contributed by atoms with van der Waals surface area (Å²) in [6, 6.07) is 8.27. The van der Waals surface area contributed by atoms with E-state index in [0.717, 1.165) is 32.6 Å². The van der Waals surface area contributed by atoms with Crippen LogP contribution in [0.5, 0.6) is 0 Å². The Morgan fingerprint density at radius 2 is 1.56 bits per heavy atom. The second kappa shape index (κ2) is 11.9. The van der Waals surface area contributed by atoms with Crippen molar-refractivity contribution >= 4 is 17.8 Å². The van der Waals surface area contributed by atoms with Crippen LogP contribution in [-0.4, -0.2) is 54.3 Å². The van der Waals surface area contributed by atoms with Crippen LogP contribution in [0, 0.1) is 0 Å². The van der Waals surface area contributed by atoms with Crippen molar-refractivity contribution in [1.29, 1.82) is 0 Å². The normalized spacial score (nSPS) is 14.6. The van der Waals surface area contributed by atoms with Gasteiger partial charge in [0.05, 0.1) is 7.11 Å². The van der Waals surface area contributed by atoms with Gasteiger partial charge in [0.2, 0.25) is 11.8 Å². The molecule has 0 saturated carbocycles. The molecule has 0 aromatic heterocycles. The quantitative estimate of drug-likeness (QED) is 0.560. The zero-order chi connectivity index (χ0) is 20.2. The first-order chi connectivity index (χ1) is 12.9. The average molecular weight is 374 g/mol. The second-order valence-corrected chi connectivity index (χ2v) is 6.39. The molecule has 2 amide bonds. The number of benzene rings is 1. The highest BCUT2D eigenvalue weighted by Crippen LogP contribution is 2.18. The van der Waals surface area contributed by atoms with Gasteiger partial charge in [-0.05, 0) is 36.5 Å². The molecule has 1 aromatic carbocycles. The standard InChI is InChI=1S/C12H13NO.C6H11NO.C3H6O2/c1-2-12(14)13-8-7-10-5-3-4-6-11(10)9-13;1-6(8)7-4-2-3-5-7;1-3(4)5-2/h2-6H,1,7-9H2;2-5H2,1H3;1-2H3. The number of carbonyl (C=O) groups excluding carboxylic acids is 3. The fraction of sp³-hybridized carbons (Fsp3) is 0.476. The molecule has 148 valence electrons. The summed E-state index contributed by atoms with van der Waals surface area (Å²) in [4.78, 5) is 35.3. The third kappa shape index (κ3) is 8.07. The summed E-state index contributed by atoms with van der Waals surface area (Å²) in [5.41, 5.74) is 2.62. The fourth-order valence-corrected chi connectivity index (χ4v) is 2.84. The van der Waals surface area contributed by atoms with E-state index in [4.69, 9.17) is 0 Å². The van der Waals surface area contributed by atoms with Gasteiger partial charge in [0, 0.05) is 40.0 Å². The molecule has 2 aliphatic heterocycles. The first kappa shape index (κ1) is 22.4. The summed E-state index contributed by atoms with van der Waals surface area (Å²) in [6.07, 6.45) is 4.73. The van der Waals surface area contributed by atoms with E-state index >= 15 is 0 Å². The molecule has 0 bridgehead atoms. The highest BCUT2D eigenvalue weighted by atomic mass is 16.5. The lowest BCUT2D eigenvalue weighted by Gasteiger charge is -2.27. The van der Waals surface area contributed by atoms with E-state index in [9.17, 15) is 14.4 Å². The van der Waals surface area contributed by atoms with Gasteiger partial charge in [-0.15, -0.1) is 0 Å². The van der Waals surface area contributed by atoms with Gasteiger partial charge < -0.3 is 14.5 Å². The number of rotatable bonds is 1. The van der Waals surface area contributed by atoms with Crippen LogP contribution in [0.4, 0.5) is 0 Å². The molecule has 1 aromatic rings. The zero-order valence-electron chi connectivity index (χ0n) is 16.6. The van der Waals surface area contributed by atoms with Crippen LogP contribution in [0.3, 0.4) is 0 Å². The average Bonchev–Trinajstić information content (AvgIpc) is 3.23. The lowest BCUT2D eigenvalue weighted by Crippen LogP contribution is -2.34. The highest BCUT2D eigenvalue weighted by molar-refractivity contribution is 5.87. The van der Waals surface area contributed by atoms with Crippen LogP contribution in [0.25, 0.3) is 0 Å². The Morgan fingerprint density at radius 1 is 1.00 bits per heavy atom. The topological polar surface area (TPSA) is 66.9 Å². The van der Waals surface area contributed by atoms with Gasteiger partial charge >= 0.3 is 5.97 Å². The third-order valence-corrected chi connectivity index (χ3v) is 4.46. The maximum Gasteiger partial charge on any atom is 0.302 e. The molecular formula is C21H30N2O4. The van der Waals surface area contributed by atoms with Gasteiger partial charge in [-0.25, -0.2) is 0 Å². The van der Waals surface area contributed by atoms with Gasteiger partial charge in [-0.3, -0.25) is 14.4 Å². The largest absolute Gasteiger partial charge is 0.469 e. The zero-order valence-corrected chi connectivity index (χ0v) is 16.6. The lowest BCUT2D eigenvalue weighted by atomic mass is 10.00. The van der Waals surface area contributed by atoms with Gasteiger partial charge in [-0.1, -0.05) is 30.8 Å². The molecule has 2 aliphatic rings. The number of methoxy groups -OCH3 is 1.